The number of aromatic nitrogens is 2. The SMILES string of the molecule is CC(=O)c1ccc(OCc2nc(C(C)C)no2)cc1. The number of carbonyl (C=O) groups excluding carboxylic acids is 1. The molecule has 0 aliphatic rings. The molecule has 2 aromatic rings. The molecule has 100 valence electrons. The standard InChI is InChI=1S/C14H16N2O3/c1-9(2)14-15-13(19-16-14)8-18-12-6-4-11(5-7-12)10(3)17/h4-7,9H,8H2,1-3H3. The molecule has 0 amide bonds. The van der Waals surface area contributed by atoms with Gasteiger partial charge < -0.3 is 9.26 Å². The zero-order chi connectivity index (χ0) is 13.8. The lowest BCUT2D eigenvalue weighted by Gasteiger charge is -2.03. The Labute approximate surface area is 111 Å². The van der Waals surface area contributed by atoms with Crippen LogP contribution in [-0.2, 0) is 6.61 Å². The van der Waals surface area contributed by atoms with E-state index in [1.807, 2.05) is 13.8 Å². The molecule has 1 heterocycles. The normalized spacial score (nSPS) is 10.7. The van der Waals surface area contributed by atoms with E-state index in [-0.39, 0.29) is 18.3 Å². The maximum atomic E-state index is 11.1. The molecule has 0 radical (unpaired) electrons. The van der Waals surface area contributed by atoms with Gasteiger partial charge in [0.15, 0.2) is 18.2 Å². The number of hydrogen-bond acceptors (Lipinski definition) is 5. The van der Waals surface area contributed by atoms with Crippen molar-refractivity contribution in [3.8, 4) is 5.75 Å². The summed E-state index contributed by atoms with van der Waals surface area (Å²) in [6.45, 7) is 5.74. The lowest BCUT2D eigenvalue weighted by molar-refractivity contribution is 0.101. The van der Waals surface area contributed by atoms with Gasteiger partial charge in [0.1, 0.15) is 5.75 Å². The summed E-state index contributed by atoms with van der Waals surface area (Å²) in [5.41, 5.74) is 0.659. The summed E-state index contributed by atoms with van der Waals surface area (Å²) < 4.78 is 10.6. The maximum absolute atomic E-state index is 11.1. The maximum Gasteiger partial charge on any atom is 0.264 e. The Kier molecular flexibility index (Phi) is 3.94. The van der Waals surface area contributed by atoms with E-state index < -0.39 is 0 Å². The highest BCUT2D eigenvalue weighted by Gasteiger charge is 2.10. The summed E-state index contributed by atoms with van der Waals surface area (Å²) in [4.78, 5) is 15.3. The average molecular weight is 260 g/mol. The summed E-state index contributed by atoms with van der Waals surface area (Å²) in [5.74, 6) is 2.04. The van der Waals surface area contributed by atoms with Crippen LogP contribution in [0.4, 0.5) is 0 Å². The topological polar surface area (TPSA) is 65.2 Å². The van der Waals surface area contributed by atoms with Crippen molar-refractivity contribution in [3.63, 3.8) is 0 Å². The van der Waals surface area contributed by atoms with Crippen molar-refractivity contribution in [2.75, 3.05) is 0 Å². The molecule has 0 N–H and O–H groups in total. The Bertz CT molecular complexity index is 558. The van der Waals surface area contributed by atoms with Gasteiger partial charge in [0.25, 0.3) is 5.89 Å². The third kappa shape index (κ3) is 3.40. The van der Waals surface area contributed by atoms with E-state index >= 15 is 0 Å². The van der Waals surface area contributed by atoms with Crippen LogP contribution < -0.4 is 4.74 Å². The van der Waals surface area contributed by atoms with Crippen molar-refractivity contribution in [2.45, 2.75) is 33.3 Å². The van der Waals surface area contributed by atoms with E-state index in [1.165, 1.54) is 6.92 Å². The second-order valence-electron chi connectivity index (χ2n) is 4.57. The van der Waals surface area contributed by atoms with Crippen molar-refractivity contribution in [2.24, 2.45) is 0 Å². The molecule has 0 unspecified atom stereocenters. The van der Waals surface area contributed by atoms with Crippen molar-refractivity contribution < 1.29 is 14.1 Å². The highest BCUT2D eigenvalue weighted by Crippen LogP contribution is 2.15. The highest BCUT2D eigenvalue weighted by atomic mass is 16.5. The number of nitrogens with zero attached hydrogens (tertiary/aromatic N) is 2. The van der Waals surface area contributed by atoms with Crippen LogP contribution in [0, 0.1) is 0 Å². The molecule has 0 spiro atoms. The third-order valence-corrected chi connectivity index (χ3v) is 2.62. The molecule has 0 atom stereocenters. The van der Waals surface area contributed by atoms with Crippen LogP contribution in [0.1, 0.15) is 48.8 Å². The zero-order valence-electron chi connectivity index (χ0n) is 11.2. The van der Waals surface area contributed by atoms with Gasteiger partial charge in [-0.3, -0.25) is 4.79 Å². The molecule has 0 aliphatic carbocycles. The molecule has 2 rings (SSSR count). The highest BCUT2D eigenvalue weighted by molar-refractivity contribution is 5.94. The second-order valence-corrected chi connectivity index (χ2v) is 4.57. The summed E-state index contributed by atoms with van der Waals surface area (Å²) in [6.07, 6.45) is 0. The van der Waals surface area contributed by atoms with Crippen molar-refractivity contribution in [1.82, 2.24) is 10.1 Å². The number of Topliss-reactive ketones (excluding diaryl/α,β-unsaturated/α-hetero) is 1. The monoisotopic (exact) mass is 260 g/mol. The van der Waals surface area contributed by atoms with Gasteiger partial charge in [0.2, 0.25) is 0 Å². The van der Waals surface area contributed by atoms with Gasteiger partial charge in [0.05, 0.1) is 0 Å². The lowest BCUT2D eigenvalue weighted by atomic mass is 10.1. The number of ether oxygens (including phenoxy) is 1. The van der Waals surface area contributed by atoms with Gasteiger partial charge in [-0.2, -0.15) is 4.98 Å². The van der Waals surface area contributed by atoms with E-state index in [0.29, 0.717) is 23.0 Å². The minimum Gasteiger partial charge on any atom is -0.484 e. The van der Waals surface area contributed by atoms with E-state index in [9.17, 15) is 4.79 Å². The number of benzene rings is 1. The number of ketones is 1. The fourth-order valence-corrected chi connectivity index (χ4v) is 1.49. The Morgan fingerprint density at radius 1 is 1.32 bits per heavy atom. The van der Waals surface area contributed by atoms with Crippen molar-refractivity contribution in [1.29, 1.82) is 0 Å². The fourth-order valence-electron chi connectivity index (χ4n) is 1.49. The van der Waals surface area contributed by atoms with Gasteiger partial charge in [-0.15, -0.1) is 0 Å². The molecular formula is C14H16N2O3. The smallest absolute Gasteiger partial charge is 0.264 e. The molecule has 5 heteroatoms. The fraction of sp³-hybridized carbons (Fsp3) is 0.357. The molecule has 19 heavy (non-hydrogen) atoms. The first-order chi connectivity index (χ1) is 9.06. The Morgan fingerprint density at radius 2 is 2.00 bits per heavy atom. The van der Waals surface area contributed by atoms with Gasteiger partial charge in [-0.05, 0) is 31.2 Å². The van der Waals surface area contributed by atoms with Crippen LogP contribution in [0.3, 0.4) is 0 Å². The van der Waals surface area contributed by atoms with Gasteiger partial charge in [-0.1, -0.05) is 19.0 Å². The lowest BCUT2D eigenvalue weighted by Crippen LogP contribution is -1.98. The molecule has 1 aromatic heterocycles. The summed E-state index contributed by atoms with van der Waals surface area (Å²) in [7, 11) is 0. The Balaban J connectivity index is 1.96. The van der Waals surface area contributed by atoms with Crippen LogP contribution in [0.15, 0.2) is 28.8 Å². The predicted molar refractivity (Wildman–Crippen MR) is 69.2 cm³/mol. The van der Waals surface area contributed by atoms with Crippen molar-refractivity contribution in [3.05, 3.63) is 41.5 Å². The largest absolute Gasteiger partial charge is 0.484 e. The molecule has 5 nitrogen and oxygen atoms in total. The van der Waals surface area contributed by atoms with Gasteiger partial charge >= 0.3 is 0 Å². The van der Waals surface area contributed by atoms with Crippen molar-refractivity contribution >= 4 is 5.78 Å². The van der Waals surface area contributed by atoms with E-state index in [4.69, 9.17) is 9.26 Å². The van der Waals surface area contributed by atoms with Gasteiger partial charge in [-0.25, -0.2) is 0 Å². The minimum absolute atomic E-state index is 0.0324. The number of hydrogen-bond donors (Lipinski definition) is 0. The Morgan fingerprint density at radius 3 is 2.53 bits per heavy atom. The summed E-state index contributed by atoms with van der Waals surface area (Å²) in [5, 5.41) is 3.85. The first-order valence-corrected chi connectivity index (χ1v) is 6.12. The molecule has 0 saturated carbocycles. The quantitative estimate of drug-likeness (QED) is 0.773. The van der Waals surface area contributed by atoms with Gasteiger partial charge in [0, 0.05) is 11.5 Å². The van der Waals surface area contributed by atoms with E-state index in [2.05, 4.69) is 10.1 Å². The van der Waals surface area contributed by atoms with E-state index in [1.54, 1.807) is 24.3 Å². The zero-order valence-corrected chi connectivity index (χ0v) is 11.2. The third-order valence-electron chi connectivity index (χ3n) is 2.62. The Hall–Kier alpha value is -2.17. The average Bonchev–Trinajstić information content (AvgIpc) is 2.86. The number of rotatable bonds is 5. The second kappa shape index (κ2) is 5.65. The summed E-state index contributed by atoms with van der Waals surface area (Å²) in [6, 6.07) is 6.95. The first kappa shape index (κ1) is 13.3. The van der Waals surface area contributed by atoms with Crippen LogP contribution in [0.2, 0.25) is 0 Å². The van der Waals surface area contributed by atoms with E-state index in [0.717, 1.165) is 0 Å². The molecular weight excluding hydrogens is 244 g/mol. The molecule has 0 fully saturated rings. The van der Waals surface area contributed by atoms with Crippen LogP contribution in [0.5, 0.6) is 5.75 Å². The summed E-state index contributed by atoms with van der Waals surface area (Å²) >= 11 is 0. The predicted octanol–water partition coefficient (Wildman–Crippen LogP) is 2.97. The number of carbonyl (C=O) groups is 1. The molecule has 0 aliphatic heterocycles. The molecule has 0 saturated heterocycles. The van der Waals surface area contributed by atoms with Crippen LogP contribution in [-0.4, -0.2) is 15.9 Å². The molecule has 1 aromatic carbocycles. The minimum atomic E-state index is 0.0324. The van der Waals surface area contributed by atoms with Crippen LogP contribution >= 0.6 is 0 Å². The first-order valence-electron chi connectivity index (χ1n) is 6.12. The van der Waals surface area contributed by atoms with Crippen LogP contribution in [0.25, 0.3) is 0 Å². The molecule has 0 bridgehead atoms.